The number of hydrogen-bond donors (Lipinski definition) is 2. The van der Waals surface area contributed by atoms with Crippen molar-refractivity contribution in [2.24, 2.45) is 0 Å². The second kappa shape index (κ2) is 10.1. The predicted octanol–water partition coefficient (Wildman–Crippen LogP) is 5.19. The fraction of sp³-hybridized carbons (Fsp3) is 0.185. The molecule has 7 heteroatoms. The molecule has 0 spiro atoms. The maximum Gasteiger partial charge on any atom is 0.258 e. The van der Waals surface area contributed by atoms with E-state index in [1.54, 1.807) is 24.1 Å². The van der Waals surface area contributed by atoms with Crippen LogP contribution in [0, 0.1) is 0 Å². The summed E-state index contributed by atoms with van der Waals surface area (Å²) in [5.74, 6) is -0.133. The number of anilines is 3. The van der Waals surface area contributed by atoms with Gasteiger partial charge in [0.05, 0.1) is 17.0 Å². The molecular formula is C27H27ClN4O2. The van der Waals surface area contributed by atoms with Gasteiger partial charge >= 0.3 is 0 Å². The number of nitrogens with one attached hydrogen (secondary N) is 2. The van der Waals surface area contributed by atoms with Crippen molar-refractivity contribution >= 4 is 51.7 Å². The molecule has 1 heterocycles. The van der Waals surface area contributed by atoms with Crippen molar-refractivity contribution < 1.29 is 9.59 Å². The van der Waals surface area contributed by atoms with Crippen molar-refractivity contribution in [1.29, 1.82) is 0 Å². The maximum atomic E-state index is 13.0. The minimum Gasteiger partial charge on any atom is -0.354 e. The van der Waals surface area contributed by atoms with E-state index in [9.17, 15) is 9.59 Å². The molecule has 0 saturated carbocycles. The highest BCUT2D eigenvalue weighted by Crippen LogP contribution is 2.38. The third kappa shape index (κ3) is 5.14. The van der Waals surface area contributed by atoms with Crippen LogP contribution in [0.15, 0.2) is 72.8 Å². The van der Waals surface area contributed by atoms with Gasteiger partial charge in [-0.3, -0.25) is 9.59 Å². The predicted molar refractivity (Wildman–Crippen MR) is 140 cm³/mol. The molecule has 0 aromatic heterocycles. The summed E-state index contributed by atoms with van der Waals surface area (Å²) in [5, 5.41) is 6.91. The van der Waals surface area contributed by atoms with Crippen molar-refractivity contribution in [3.8, 4) is 0 Å². The smallest absolute Gasteiger partial charge is 0.258 e. The summed E-state index contributed by atoms with van der Waals surface area (Å²) in [6, 6.07) is 22.7. The van der Waals surface area contributed by atoms with Crippen LogP contribution in [-0.4, -0.2) is 44.4 Å². The third-order valence-electron chi connectivity index (χ3n) is 5.71. The number of carbonyl (C=O) groups excluding carboxylic acids is 2. The van der Waals surface area contributed by atoms with E-state index in [0.717, 1.165) is 22.5 Å². The van der Waals surface area contributed by atoms with Crippen molar-refractivity contribution in [2.75, 3.05) is 43.2 Å². The van der Waals surface area contributed by atoms with Crippen LogP contribution >= 0.6 is 11.6 Å². The van der Waals surface area contributed by atoms with Gasteiger partial charge in [-0.2, -0.15) is 0 Å². The topological polar surface area (TPSA) is 64.7 Å². The molecule has 0 fully saturated rings. The summed E-state index contributed by atoms with van der Waals surface area (Å²) < 4.78 is 0. The Morgan fingerprint density at radius 1 is 0.971 bits per heavy atom. The molecule has 4 rings (SSSR count). The highest BCUT2D eigenvalue weighted by atomic mass is 35.5. The normalized spacial score (nSPS) is 14.0. The maximum absolute atomic E-state index is 13.0. The Hall–Kier alpha value is -3.61. The first-order valence-corrected chi connectivity index (χ1v) is 11.4. The van der Waals surface area contributed by atoms with Gasteiger partial charge in [-0.25, -0.2) is 0 Å². The molecule has 0 saturated heterocycles. The molecule has 1 aliphatic rings. The summed E-state index contributed by atoms with van der Waals surface area (Å²) in [6.45, 7) is 0.700. The number of amides is 2. The Kier molecular flexibility index (Phi) is 7.01. The largest absolute Gasteiger partial charge is 0.354 e. The molecule has 3 aromatic carbocycles. The van der Waals surface area contributed by atoms with Gasteiger partial charge in [-0.1, -0.05) is 48.0 Å². The highest BCUT2D eigenvalue weighted by Gasteiger charge is 2.28. The van der Waals surface area contributed by atoms with Crippen molar-refractivity contribution in [2.45, 2.75) is 6.42 Å². The number of nitrogens with zero attached hydrogens (tertiary/aromatic N) is 2. The Labute approximate surface area is 204 Å². The molecule has 0 radical (unpaired) electrons. The van der Waals surface area contributed by atoms with Gasteiger partial charge < -0.3 is 20.4 Å². The average molecular weight is 475 g/mol. The Balaban J connectivity index is 1.65. The molecule has 3 aromatic rings. The zero-order chi connectivity index (χ0) is 24.2. The van der Waals surface area contributed by atoms with Gasteiger partial charge in [0.1, 0.15) is 0 Å². The zero-order valence-electron chi connectivity index (χ0n) is 19.4. The molecule has 6 nitrogen and oxygen atoms in total. The van der Waals surface area contributed by atoms with Crippen LogP contribution in [0.3, 0.4) is 0 Å². The van der Waals surface area contributed by atoms with E-state index in [1.165, 1.54) is 0 Å². The SMILES string of the molecule is CN(C)CCC(=O)N(C)c1ccc(NC(=C2C(=O)Nc3cc(Cl)ccc32)c2ccccc2)cc1. The van der Waals surface area contributed by atoms with Crippen molar-refractivity contribution in [3.05, 3.63) is 88.9 Å². The number of carbonyl (C=O) groups is 2. The van der Waals surface area contributed by atoms with Gasteiger partial charge in [0.2, 0.25) is 5.91 Å². The summed E-state index contributed by atoms with van der Waals surface area (Å²) in [4.78, 5) is 29.1. The lowest BCUT2D eigenvalue weighted by molar-refractivity contribution is -0.118. The van der Waals surface area contributed by atoms with Gasteiger partial charge in [0.25, 0.3) is 5.91 Å². The minimum atomic E-state index is -0.188. The molecule has 2 N–H and O–H groups in total. The highest BCUT2D eigenvalue weighted by molar-refractivity contribution is 6.38. The van der Waals surface area contributed by atoms with E-state index in [1.807, 2.05) is 79.7 Å². The second-order valence-corrected chi connectivity index (χ2v) is 8.87. The lowest BCUT2D eigenvalue weighted by atomic mass is 10.00. The molecule has 0 bridgehead atoms. The first-order chi connectivity index (χ1) is 16.3. The molecule has 174 valence electrons. The van der Waals surface area contributed by atoms with E-state index in [4.69, 9.17) is 11.6 Å². The second-order valence-electron chi connectivity index (χ2n) is 8.44. The molecule has 1 aliphatic heterocycles. The number of hydrogen-bond acceptors (Lipinski definition) is 4. The van der Waals surface area contributed by atoms with Gasteiger partial charge in [0.15, 0.2) is 0 Å². The minimum absolute atomic E-state index is 0.0550. The number of rotatable bonds is 7. The molecule has 0 unspecified atom stereocenters. The van der Waals surface area contributed by atoms with Crippen molar-refractivity contribution in [1.82, 2.24) is 4.90 Å². The Bertz CT molecular complexity index is 1240. The van der Waals surface area contributed by atoms with E-state index >= 15 is 0 Å². The van der Waals surface area contributed by atoms with E-state index in [0.29, 0.717) is 34.9 Å². The fourth-order valence-electron chi connectivity index (χ4n) is 3.82. The standard InChI is InChI=1S/C27H27ClN4O2/c1-31(2)16-15-24(33)32(3)21-12-10-20(11-13-21)29-26(18-7-5-4-6-8-18)25-22-14-9-19(28)17-23(22)30-27(25)34/h4-14,17,29H,15-16H2,1-3H3,(H,30,34). The summed E-state index contributed by atoms with van der Waals surface area (Å²) >= 11 is 6.13. The van der Waals surface area contributed by atoms with E-state index < -0.39 is 0 Å². The Morgan fingerprint density at radius 2 is 1.68 bits per heavy atom. The lowest BCUT2D eigenvalue weighted by Crippen LogP contribution is -2.29. The zero-order valence-corrected chi connectivity index (χ0v) is 20.2. The number of halogens is 1. The monoisotopic (exact) mass is 474 g/mol. The van der Waals surface area contributed by atoms with E-state index in [2.05, 4.69) is 10.6 Å². The Morgan fingerprint density at radius 3 is 2.35 bits per heavy atom. The van der Waals surface area contributed by atoms with Crippen LogP contribution < -0.4 is 15.5 Å². The van der Waals surface area contributed by atoms with Gasteiger partial charge in [-0.15, -0.1) is 0 Å². The summed E-state index contributed by atoms with van der Waals surface area (Å²) in [7, 11) is 5.68. The van der Waals surface area contributed by atoms with Crippen molar-refractivity contribution in [3.63, 3.8) is 0 Å². The first kappa shape index (κ1) is 23.5. The summed E-state index contributed by atoms with van der Waals surface area (Å²) in [6.07, 6.45) is 0.451. The van der Waals surface area contributed by atoms with Crippen LogP contribution in [0.5, 0.6) is 0 Å². The molecular weight excluding hydrogens is 448 g/mol. The van der Waals surface area contributed by atoms with Crippen LogP contribution in [0.1, 0.15) is 17.5 Å². The van der Waals surface area contributed by atoms with Crippen LogP contribution in [-0.2, 0) is 9.59 Å². The lowest BCUT2D eigenvalue weighted by Gasteiger charge is -2.20. The molecule has 2 amide bonds. The van der Waals surface area contributed by atoms with Gasteiger partial charge in [-0.05, 0) is 56.1 Å². The molecule has 34 heavy (non-hydrogen) atoms. The van der Waals surface area contributed by atoms with Crippen LogP contribution in [0.2, 0.25) is 5.02 Å². The third-order valence-corrected chi connectivity index (χ3v) is 5.94. The number of benzene rings is 3. The molecule has 0 aliphatic carbocycles. The van der Waals surface area contributed by atoms with Crippen LogP contribution in [0.4, 0.5) is 17.1 Å². The fourth-order valence-corrected chi connectivity index (χ4v) is 3.99. The van der Waals surface area contributed by atoms with Crippen LogP contribution in [0.25, 0.3) is 11.3 Å². The first-order valence-electron chi connectivity index (χ1n) is 11.0. The quantitative estimate of drug-likeness (QED) is 0.463. The number of fused-ring (bicyclic) bond motifs is 1. The molecule has 0 atom stereocenters. The summed E-state index contributed by atoms with van der Waals surface area (Å²) in [5.41, 5.74) is 5.23. The average Bonchev–Trinajstić information content (AvgIpc) is 3.15. The van der Waals surface area contributed by atoms with E-state index in [-0.39, 0.29) is 11.8 Å². The van der Waals surface area contributed by atoms with Gasteiger partial charge in [0, 0.05) is 42.0 Å².